The molecule has 0 radical (unpaired) electrons. The zero-order valence-electron chi connectivity index (χ0n) is 57.6. The maximum absolute atomic E-state index is 14.3. The van der Waals surface area contributed by atoms with Crippen LogP contribution in [0.4, 0.5) is 26.3 Å². The molecule has 9 aromatic rings. The van der Waals surface area contributed by atoms with Gasteiger partial charge in [-0.25, -0.2) is 26.3 Å². The predicted octanol–water partition coefficient (Wildman–Crippen LogP) is 12.3. The Morgan fingerprint density at radius 3 is 1.16 bits per heavy atom. The van der Waals surface area contributed by atoms with Crippen molar-refractivity contribution in [2.45, 2.75) is 123 Å². The molecule has 0 spiro atoms. The van der Waals surface area contributed by atoms with E-state index >= 15 is 0 Å². The standard InChI is InChI=1S/C25H24ClF2N5O3.C25H21ClF2N4O3.C24H21BrClF2N3O3.CH4.S2.H2S/c1-13(34)18-11-32(20-7-14(24(29)30)5-6-17(18)20)12-22(35)33-10-16(27)8-21(33)25(36)31-9-15-3-2-4-19(26)23(15)28;1-14(33)19-12-31(21-7-15(9-29)5-6-18(19)21)13-23(34)32-11-17(27)8-22(32)25(35)30-10-16-3-2-4-20(26)24(16)28;1-13(32)18-11-30(20-7-15(25)5-6-17(18)20)12-22(33)31-10-16(27)8-21(31)24(34)29-9-14-3-2-4-19(26)23(14)28;;1-2;/h2-7,11,16,21H,8-10,12H2,1H3,(H3,29,30)(H,31,36);2-7,12,17,22H,8,10-11,13H2,1H3,(H,30,35);2-7,11,16,21H,8-10,12H2,1H3,(H,29,34);1H4;;1H2/t16-,21+;17-,22+;16-,21+;;;/m111.../s1. The first-order chi connectivity index (χ1) is 50.9. The molecule has 6 N–H and O–H groups in total. The van der Waals surface area contributed by atoms with E-state index in [0.29, 0.717) is 60.5 Å². The highest BCUT2D eigenvalue weighted by Crippen LogP contribution is 2.32. The average Bonchev–Trinajstić information content (AvgIpc) is 1.64. The topological polar surface area (TPSA) is 288 Å². The summed E-state index contributed by atoms with van der Waals surface area (Å²) in [5, 5.41) is 26.3. The monoisotopic (exact) mass is 1680 g/mol. The number of nitriles is 1. The van der Waals surface area contributed by atoms with Crippen molar-refractivity contribution in [2.75, 3.05) is 19.6 Å². The number of nitrogen functional groups attached to an aromatic ring is 1. The number of nitrogens with one attached hydrogen (secondary N) is 4. The van der Waals surface area contributed by atoms with Gasteiger partial charge in [0.15, 0.2) is 17.3 Å². The number of rotatable bonds is 19. The molecule has 109 heavy (non-hydrogen) atoms. The molecule has 6 aromatic carbocycles. The van der Waals surface area contributed by atoms with Crippen molar-refractivity contribution in [1.29, 1.82) is 10.7 Å². The number of hydrogen-bond acceptors (Lipinski definition) is 13. The maximum atomic E-state index is 14.3. The van der Waals surface area contributed by atoms with Gasteiger partial charge in [0, 0.05) is 145 Å². The lowest BCUT2D eigenvalue weighted by Gasteiger charge is -2.24. The molecular weight excluding hydrogens is 1610 g/mol. The zero-order chi connectivity index (χ0) is 78.0. The van der Waals surface area contributed by atoms with E-state index in [1.165, 1.54) is 83.6 Å². The minimum absolute atomic E-state index is 0. The molecule has 0 aliphatic carbocycles. The van der Waals surface area contributed by atoms with Gasteiger partial charge in [0.05, 0.1) is 57.4 Å². The minimum atomic E-state index is -1.40. The molecule has 12 rings (SSSR count). The van der Waals surface area contributed by atoms with Crippen LogP contribution in [0.5, 0.6) is 0 Å². The lowest BCUT2D eigenvalue weighted by Crippen LogP contribution is -2.46. The summed E-state index contributed by atoms with van der Waals surface area (Å²) < 4.78 is 90.7. The van der Waals surface area contributed by atoms with E-state index in [9.17, 15) is 74.8 Å². The number of halogens is 10. The van der Waals surface area contributed by atoms with Crippen molar-refractivity contribution in [3.05, 3.63) is 209 Å². The zero-order valence-corrected chi connectivity index (χ0v) is 64.0. The lowest BCUT2D eigenvalue weighted by atomic mass is 10.1. The van der Waals surface area contributed by atoms with Gasteiger partial charge in [-0.3, -0.25) is 48.6 Å². The van der Waals surface area contributed by atoms with Gasteiger partial charge >= 0.3 is 0 Å². The summed E-state index contributed by atoms with van der Waals surface area (Å²) >= 11 is 28.0. The van der Waals surface area contributed by atoms with E-state index in [0.717, 1.165) is 14.3 Å². The lowest BCUT2D eigenvalue weighted by molar-refractivity contribution is -0.139. The molecule has 6 heterocycles. The van der Waals surface area contributed by atoms with Crippen LogP contribution in [0.3, 0.4) is 0 Å². The Balaban J connectivity index is 0.000000223. The smallest absolute Gasteiger partial charge is 0.243 e. The molecule has 0 unspecified atom stereocenters. The second-order valence-electron chi connectivity index (χ2n) is 25.3. The first kappa shape index (κ1) is 86.7. The Hall–Kier alpha value is -9.55. The number of likely N-dealkylation sites (tertiary alicyclic amines) is 3. The van der Waals surface area contributed by atoms with Crippen molar-refractivity contribution in [1.82, 2.24) is 44.4 Å². The predicted molar refractivity (Wildman–Crippen MR) is 416 cm³/mol. The normalized spacial score (nSPS) is 16.9. The van der Waals surface area contributed by atoms with Crippen LogP contribution < -0.4 is 21.7 Å². The molecule has 6 atom stereocenters. The highest BCUT2D eigenvalue weighted by Gasteiger charge is 2.43. The molecule has 0 bridgehead atoms. The van der Waals surface area contributed by atoms with Crippen LogP contribution in [0.25, 0.3) is 32.7 Å². The van der Waals surface area contributed by atoms with Crippen LogP contribution >= 0.6 is 64.2 Å². The summed E-state index contributed by atoms with van der Waals surface area (Å²) in [4.78, 5) is 118. The fraction of sp³-hybridized carbons (Fsp3) is 0.293. The summed E-state index contributed by atoms with van der Waals surface area (Å²) in [5.41, 5.74) is 9.82. The number of fused-ring (bicyclic) bond motifs is 3. The molecule has 574 valence electrons. The number of carbonyl (C=O) groups excluding carboxylic acids is 9. The molecule has 3 aromatic heterocycles. The van der Waals surface area contributed by atoms with Crippen molar-refractivity contribution >= 4 is 178 Å². The van der Waals surface area contributed by atoms with E-state index in [1.807, 2.05) is 6.07 Å². The molecule has 0 saturated carbocycles. The highest BCUT2D eigenvalue weighted by molar-refractivity contribution is 9.10. The number of ketones is 3. The van der Waals surface area contributed by atoms with Gasteiger partial charge in [0.25, 0.3) is 0 Å². The summed E-state index contributed by atoms with van der Waals surface area (Å²) in [6.07, 6.45) is -0.0204. The Labute approximate surface area is 662 Å². The third-order valence-electron chi connectivity index (χ3n) is 18.2. The molecule has 34 heteroatoms. The molecule has 21 nitrogen and oxygen atoms in total. The van der Waals surface area contributed by atoms with Gasteiger partial charge in [-0.05, 0) is 69.3 Å². The number of nitrogens with two attached hydrogens (primary N) is 1. The summed E-state index contributed by atoms with van der Waals surface area (Å²) in [6.45, 7) is 2.35. The van der Waals surface area contributed by atoms with E-state index in [-0.39, 0.29) is 154 Å². The number of amidine groups is 1. The van der Waals surface area contributed by atoms with E-state index in [1.54, 1.807) is 83.6 Å². The molecule has 3 aliphatic rings. The number of benzene rings is 6. The number of amides is 6. The largest absolute Gasteiger partial charge is 0.384 e. The van der Waals surface area contributed by atoms with Crippen LogP contribution in [-0.4, -0.2) is 143 Å². The highest BCUT2D eigenvalue weighted by atomic mass is 79.9. The van der Waals surface area contributed by atoms with Gasteiger partial charge < -0.3 is 50.1 Å². The quantitative estimate of drug-likeness (QED) is 0.0218. The van der Waals surface area contributed by atoms with Gasteiger partial charge in [0.2, 0.25) is 35.4 Å². The number of aromatic nitrogens is 3. The number of nitrogens with zero attached hydrogens (tertiary/aromatic N) is 7. The van der Waals surface area contributed by atoms with Gasteiger partial charge in [-0.1, -0.05) is 119 Å². The minimum Gasteiger partial charge on any atom is -0.384 e. The van der Waals surface area contributed by atoms with Crippen molar-refractivity contribution in [2.24, 2.45) is 5.73 Å². The van der Waals surface area contributed by atoms with Crippen LogP contribution in [0.15, 0.2) is 132 Å². The SMILES string of the molecule is C.CC(=O)c1cn(CC(=O)N2C[C@H](F)C[C@H]2C(=O)NCc2cccc(Cl)c2F)c2cc(Br)ccc12.CC(=O)c1cn(CC(=O)N2C[C@H](F)C[C@H]2C(=O)NCc2cccc(Cl)c2F)c2cc(C#N)ccc12.CC(=O)c1cn(CC(=O)N2C[C@H](F)C[C@H]2C(=O)NCc2cccc(Cl)c2F)c2cc(C(=N)N)ccc12.S.S=S. The third kappa shape index (κ3) is 20.3. The number of alkyl halides is 3. The molecule has 3 fully saturated rings. The fourth-order valence-corrected chi connectivity index (χ4v) is 13.8. The fourth-order valence-electron chi connectivity index (χ4n) is 12.9. The second-order valence-corrected chi connectivity index (χ2v) is 27.4. The summed E-state index contributed by atoms with van der Waals surface area (Å²) in [7, 11) is 0. The Kier molecular flexibility index (Phi) is 30.4. The van der Waals surface area contributed by atoms with Crippen LogP contribution in [0, 0.1) is 34.2 Å². The van der Waals surface area contributed by atoms with E-state index in [2.05, 4.69) is 54.3 Å². The molecule has 6 amide bonds. The first-order valence-corrected chi connectivity index (χ1v) is 36.1. The number of hydrogen-bond donors (Lipinski definition) is 5. The van der Waals surface area contributed by atoms with Crippen molar-refractivity contribution < 1.29 is 69.5 Å². The van der Waals surface area contributed by atoms with Gasteiger partial charge in [-0.2, -0.15) is 18.8 Å². The molecular formula is C75H72BrCl3F6N12O9S3. The van der Waals surface area contributed by atoms with Crippen molar-refractivity contribution in [3.63, 3.8) is 0 Å². The maximum Gasteiger partial charge on any atom is 0.243 e. The number of carbonyl (C=O) groups is 9. The number of Topliss-reactive ketones (excluding diaryl/α,β-unsaturated/α-hetero) is 3. The first-order valence-electron chi connectivity index (χ1n) is 32.8. The Bertz CT molecular complexity index is 5080. The third-order valence-corrected chi connectivity index (χ3v) is 19.5. The van der Waals surface area contributed by atoms with Crippen LogP contribution in [0.2, 0.25) is 15.1 Å². The van der Waals surface area contributed by atoms with Gasteiger partial charge in [-0.15, -0.1) is 0 Å². The second kappa shape index (κ2) is 38.2. The van der Waals surface area contributed by atoms with Gasteiger partial charge in [0.1, 0.15) is 79.6 Å². The summed E-state index contributed by atoms with van der Waals surface area (Å²) in [6, 6.07) is 27.1. The van der Waals surface area contributed by atoms with E-state index < -0.39 is 89.5 Å². The van der Waals surface area contributed by atoms with E-state index in [4.69, 9.17) is 45.9 Å². The average molecular weight is 1680 g/mol. The van der Waals surface area contributed by atoms with Crippen LogP contribution in [0.1, 0.15) is 106 Å². The Morgan fingerprint density at radius 1 is 0.523 bits per heavy atom. The molecule has 3 aliphatic heterocycles. The van der Waals surface area contributed by atoms with Crippen molar-refractivity contribution in [3.8, 4) is 6.07 Å². The molecule has 3 saturated heterocycles. The Morgan fingerprint density at radius 2 is 0.835 bits per heavy atom. The van der Waals surface area contributed by atoms with Crippen LogP contribution in [-0.2, 0) is 90.4 Å². The summed E-state index contributed by atoms with van der Waals surface area (Å²) in [5.74, 6) is -5.98.